The highest BCUT2D eigenvalue weighted by molar-refractivity contribution is 5.20. The van der Waals surface area contributed by atoms with Gasteiger partial charge in [-0.15, -0.1) is 0 Å². The number of rotatable bonds is 5. The second-order valence-electron chi connectivity index (χ2n) is 5.81. The van der Waals surface area contributed by atoms with Crippen LogP contribution in [0.2, 0.25) is 0 Å². The molecule has 1 unspecified atom stereocenters. The van der Waals surface area contributed by atoms with E-state index in [4.69, 9.17) is 0 Å². The van der Waals surface area contributed by atoms with Gasteiger partial charge in [-0.2, -0.15) is 0 Å². The summed E-state index contributed by atoms with van der Waals surface area (Å²) in [6, 6.07) is 22.1. The van der Waals surface area contributed by atoms with Crippen molar-refractivity contribution in [1.82, 2.24) is 10.2 Å². The number of benzene rings is 2. The molecule has 0 bridgehead atoms. The third-order valence-electron chi connectivity index (χ3n) is 4.24. The number of piperazine rings is 1. The van der Waals surface area contributed by atoms with E-state index in [0.29, 0.717) is 6.04 Å². The average Bonchev–Trinajstić information content (AvgIpc) is 2.57. The molecule has 21 heavy (non-hydrogen) atoms. The molecular weight excluding hydrogens is 256 g/mol. The van der Waals surface area contributed by atoms with Crippen LogP contribution >= 0.6 is 0 Å². The molecule has 1 fully saturated rings. The highest BCUT2D eigenvalue weighted by Crippen LogP contribution is 2.17. The molecule has 1 aliphatic heterocycles. The average molecular weight is 280 g/mol. The largest absolute Gasteiger partial charge is 0.308 e. The molecule has 1 aliphatic rings. The summed E-state index contributed by atoms with van der Waals surface area (Å²) in [5, 5.41) is 3.63. The number of nitrogens with one attached hydrogen (secondary N) is 1. The van der Waals surface area contributed by atoms with Gasteiger partial charge in [0.1, 0.15) is 0 Å². The predicted octanol–water partition coefficient (Wildman–Crippen LogP) is 3.27. The summed E-state index contributed by atoms with van der Waals surface area (Å²) in [7, 11) is 0. The summed E-state index contributed by atoms with van der Waals surface area (Å²) in [5.74, 6) is 0. The van der Waals surface area contributed by atoms with Crippen molar-refractivity contribution >= 4 is 0 Å². The molecule has 1 heterocycles. The zero-order valence-corrected chi connectivity index (χ0v) is 12.5. The van der Waals surface area contributed by atoms with E-state index < -0.39 is 0 Å². The van der Waals surface area contributed by atoms with E-state index in [0.717, 1.165) is 19.6 Å². The number of hydrogen-bond donors (Lipinski definition) is 1. The Morgan fingerprint density at radius 1 is 0.952 bits per heavy atom. The molecule has 0 saturated carbocycles. The Kier molecular flexibility index (Phi) is 5.03. The van der Waals surface area contributed by atoms with E-state index in [9.17, 15) is 0 Å². The lowest BCUT2D eigenvalue weighted by molar-refractivity contribution is 0.199. The maximum Gasteiger partial charge on any atom is 0.0449 e. The van der Waals surface area contributed by atoms with Crippen molar-refractivity contribution in [2.45, 2.75) is 18.9 Å². The van der Waals surface area contributed by atoms with Crippen molar-refractivity contribution < 1.29 is 0 Å². The van der Waals surface area contributed by atoms with Crippen LogP contribution in [0.3, 0.4) is 0 Å². The smallest absolute Gasteiger partial charge is 0.0449 e. The van der Waals surface area contributed by atoms with Gasteiger partial charge >= 0.3 is 0 Å². The van der Waals surface area contributed by atoms with E-state index in [1.165, 1.54) is 30.5 Å². The molecule has 0 aromatic heterocycles. The fourth-order valence-electron chi connectivity index (χ4n) is 3.07. The summed E-state index contributed by atoms with van der Waals surface area (Å²) in [6.07, 6.45) is 2.42. The Bertz CT molecular complexity index is 524. The summed E-state index contributed by atoms with van der Waals surface area (Å²) in [5.41, 5.74) is 2.86. The van der Waals surface area contributed by atoms with Gasteiger partial charge in [0.25, 0.3) is 0 Å². The maximum absolute atomic E-state index is 3.63. The molecule has 110 valence electrons. The first-order valence-electron chi connectivity index (χ1n) is 7.96. The van der Waals surface area contributed by atoms with E-state index in [2.05, 4.69) is 70.9 Å². The molecule has 1 N–H and O–H groups in total. The first-order chi connectivity index (χ1) is 10.4. The van der Waals surface area contributed by atoms with Gasteiger partial charge in [-0.1, -0.05) is 60.7 Å². The lowest BCUT2D eigenvalue weighted by Crippen LogP contribution is -2.46. The fourth-order valence-corrected chi connectivity index (χ4v) is 3.07. The summed E-state index contributed by atoms with van der Waals surface area (Å²) in [6.45, 7) is 4.57. The zero-order valence-electron chi connectivity index (χ0n) is 12.5. The standard InChI is InChI=1S/C19H24N2/c1-3-8-17(9-4-1)10-7-14-21-15-13-20-19(16-21)18-11-5-2-6-12-18/h1-6,8-9,11-12,19-20H,7,10,13-16H2. The zero-order chi connectivity index (χ0) is 14.3. The van der Waals surface area contributed by atoms with Gasteiger partial charge in [-0.3, -0.25) is 0 Å². The second kappa shape index (κ2) is 7.39. The molecule has 1 saturated heterocycles. The van der Waals surface area contributed by atoms with Crippen molar-refractivity contribution in [3.8, 4) is 0 Å². The molecule has 1 atom stereocenters. The summed E-state index contributed by atoms with van der Waals surface area (Å²) < 4.78 is 0. The van der Waals surface area contributed by atoms with Crippen LogP contribution in [-0.2, 0) is 6.42 Å². The van der Waals surface area contributed by atoms with Crippen molar-refractivity contribution in [3.63, 3.8) is 0 Å². The summed E-state index contributed by atoms with van der Waals surface area (Å²) >= 11 is 0. The molecule has 2 heteroatoms. The number of nitrogens with zero attached hydrogens (tertiary/aromatic N) is 1. The van der Waals surface area contributed by atoms with Crippen LogP contribution in [0.15, 0.2) is 60.7 Å². The SMILES string of the molecule is c1ccc(CCCN2CCNC(c3ccccc3)C2)cc1. The van der Waals surface area contributed by atoms with E-state index >= 15 is 0 Å². The fraction of sp³-hybridized carbons (Fsp3) is 0.368. The van der Waals surface area contributed by atoms with Crippen LogP contribution in [0.25, 0.3) is 0 Å². The van der Waals surface area contributed by atoms with Crippen molar-refractivity contribution in [2.75, 3.05) is 26.2 Å². The number of aryl methyl sites for hydroxylation is 1. The third kappa shape index (κ3) is 4.16. The molecule has 0 spiro atoms. The molecule has 2 nitrogen and oxygen atoms in total. The Balaban J connectivity index is 1.48. The minimum Gasteiger partial charge on any atom is -0.308 e. The topological polar surface area (TPSA) is 15.3 Å². The van der Waals surface area contributed by atoms with Crippen molar-refractivity contribution in [1.29, 1.82) is 0 Å². The lowest BCUT2D eigenvalue weighted by Gasteiger charge is -2.34. The normalized spacial score (nSPS) is 19.5. The molecule has 0 aliphatic carbocycles. The lowest BCUT2D eigenvalue weighted by atomic mass is 10.0. The van der Waals surface area contributed by atoms with Crippen molar-refractivity contribution in [3.05, 3.63) is 71.8 Å². The van der Waals surface area contributed by atoms with E-state index in [1.807, 2.05) is 0 Å². The minimum atomic E-state index is 0.483. The molecule has 0 radical (unpaired) electrons. The first kappa shape index (κ1) is 14.3. The quantitative estimate of drug-likeness (QED) is 0.904. The Labute approximate surface area is 127 Å². The van der Waals surface area contributed by atoms with Gasteiger partial charge in [0.2, 0.25) is 0 Å². The number of hydrogen-bond acceptors (Lipinski definition) is 2. The molecule has 3 rings (SSSR count). The molecule has 2 aromatic carbocycles. The predicted molar refractivity (Wildman–Crippen MR) is 88.4 cm³/mol. The van der Waals surface area contributed by atoms with Gasteiger partial charge < -0.3 is 10.2 Å². The van der Waals surface area contributed by atoms with Crippen LogP contribution in [0, 0.1) is 0 Å². The highest BCUT2D eigenvalue weighted by Gasteiger charge is 2.19. The van der Waals surface area contributed by atoms with Gasteiger partial charge in [0.15, 0.2) is 0 Å². The third-order valence-corrected chi connectivity index (χ3v) is 4.24. The van der Waals surface area contributed by atoms with E-state index in [1.54, 1.807) is 0 Å². The summed E-state index contributed by atoms with van der Waals surface area (Å²) in [4.78, 5) is 2.59. The van der Waals surface area contributed by atoms with Gasteiger partial charge in [0, 0.05) is 25.7 Å². The molecular formula is C19H24N2. The maximum atomic E-state index is 3.63. The van der Waals surface area contributed by atoms with Crippen molar-refractivity contribution in [2.24, 2.45) is 0 Å². The monoisotopic (exact) mass is 280 g/mol. The Morgan fingerprint density at radius 3 is 2.43 bits per heavy atom. The molecule has 2 aromatic rings. The van der Waals surface area contributed by atoms with Crippen LogP contribution < -0.4 is 5.32 Å². The van der Waals surface area contributed by atoms with Gasteiger partial charge in [0.05, 0.1) is 0 Å². The van der Waals surface area contributed by atoms with Crippen LogP contribution in [0.4, 0.5) is 0 Å². The van der Waals surface area contributed by atoms with Gasteiger partial charge in [-0.25, -0.2) is 0 Å². The minimum absolute atomic E-state index is 0.483. The highest BCUT2D eigenvalue weighted by atomic mass is 15.2. The van der Waals surface area contributed by atoms with Gasteiger partial charge in [-0.05, 0) is 30.5 Å². The Hall–Kier alpha value is -1.64. The second-order valence-corrected chi connectivity index (χ2v) is 5.81. The van der Waals surface area contributed by atoms with E-state index in [-0.39, 0.29) is 0 Å². The molecule has 0 amide bonds. The first-order valence-corrected chi connectivity index (χ1v) is 7.96. The van der Waals surface area contributed by atoms with Crippen LogP contribution in [0.1, 0.15) is 23.6 Å². The van der Waals surface area contributed by atoms with Crippen LogP contribution in [0.5, 0.6) is 0 Å². The Morgan fingerprint density at radius 2 is 1.67 bits per heavy atom. The van der Waals surface area contributed by atoms with Crippen LogP contribution in [-0.4, -0.2) is 31.1 Å².